The van der Waals surface area contributed by atoms with E-state index in [1.807, 2.05) is 6.92 Å². The summed E-state index contributed by atoms with van der Waals surface area (Å²) in [5.41, 5.74) is 0. The van der Waals surface area contributed by atoms with E-state index in [4.69, 9.17) is 0 Å². The highest BCUT2D eigenvalue weighted by Crippen LogP contribution is 2.11. The number of aromatic nitrogens is 1. The van der Waals surface area contributed by atoms with Gasteiger partial charge in [-0.05, 0) is 6.92 Å². The number of thiol groups is 1. The summed E-state index contributed by atoms with van der Waals surface area (Å²) in [7, 11) is 0. The molecule has 2 nitrogen and oxygen atoms in total. The van der Waals surface area contributed by atoms with Gasteiger partial charge in [-0.15, -0.1) is 11.3 Å². The first-order chi connectivity index (χ1) is 5.22. The van der Waals surface area contributed by atoms with Crippen molar-refractivity contribution in [3.63, 3.8) is 0 Å². The van der Waals surface area contributed by atoms with Gasteiger partial charge >= 0.3 is 0 Å². The van der Waals surface area contributed by atoms with E-state index >= 15 is 0 Å². The highest BCUT2D eigenvalue weighted by atomic mass is 32.1. The Kier molecular flexibility index (Phi) is 3.08. The summed E-state index contributed by atoms with van der Waals surface area (Å²) in [5.74, 6) is 0.432. The molecule has 1 aromatic heterocycles. The SMILES string of the molecule is Cc1cnc(CC(=O)CS)s1. The molecule has 0 saturated carbocycles. The van der Waals surface area contributed by atoms with E-state index in [0.29, 0.717) is 12.2 Å². The fourth-order valence-corrected chi connectivity index (χ4v) is 1.64. The molecule has 4 heteroatoms. The van der Waals surface area contributed by atoms with Crippen LogP contribution in [0.1, 0.15) is 9.88 Å². The standard InChI is InChI=1S/C7H9NOS2/c1-5-3-8-7(11-5)2-6(9)4-10/h3,10H,2,4H2,1H3. The number of Topliss-reactive ketones (excluding diaryl/α,β-unsaturated/α-hetero) is 1. The van der Waals surface area contributed by atoms with Crippen LogP contribution in [0.15, 0.2) is 6.20 Å². The van der Waals surface area contributed by atoms with Gasteiger partial charge in [0.15, 0.2) is 0 Å². The Morgan fingerprint density at radius 2 is 2.55 bits per heavy atom. The van der Waals surface area contributed by atoms with Gasteiger partial charge in [-0.25, -0.2) is 4.98 Å². The summed E-state index contributed by atoms with van der Waals surface area (Å²) in [6.45, 7) is 1.98. The van der Waals surface area contributed by atoms with E-state index < -0.39 is 0 Å². The van der Waals surface area contributed by atoms with Crippen molar-refractivity contribution >= 4 is 29.7 Å². The second-order valence-electron chi connectivity index (χ2n) is 2.24. The number of thiazole rings is 1. The largest absolute Gasteiger partial charge is 0.298 e. The lowest BCUT2D eigenvalue weighted by Crippen LogP contribution is -2.02. The second kappa shape index (κ2) is 3.88. The molecule has 0 aliphatic rings. The first-order valence-corrected chi connectivity index (χ1v) is 4.71. The van der Waals surface area contributed by atoms with Gasteiger partial charge in [0.25, 0.3) is 0 Å². The zero-order chi connectivity index (χ0) is 8.27. The molecule has 0 amide bonds. The summed E-state index contributed by atoms with van der Waals surface area (Å²) in [4.78, 5) is 16.1. The third kappa shape index (κ3) is 2.63. The molecular weight excluding hydrogens is 178 g/mol. The monoisotopic (exact) mass is 187 g/mol. The van der Waals surface area contributed by atoms with E-state index in [9.17, 15) is 4.79 Å². The van der Waals surface area contributed by atoms with E-state index in [1.54, 1.807) is 17.5 Å². The quantitative estimate of drug-likeness (QED) is 0.727. The van der Waals surface area contributed by atoms with Crippen molar-refractivity contribution < 1.29 is 4.79 Å². The van der Waals surface area contributed by atoms with Crippen molar-refractivity contribution in [2.75, 3.05) is 5.75 Å². The minimum atomic E-state index is 0.127. The normalized spacial score (nSPS) is 10.0. The average Bonchev–Trinajstić information content (AvgIpc) is 2.35. The lowest BCUT2D eigenvalue weighted by Gasteiger charge is -1.89. The van der Waals surface area contributed by atoms with Gasteiger partial charge in [0.1, 0.15) is 10.8 Å². The molecule has 1 rings (SSSR count). The van der Waals surface area contributed by atoms with Crippen LogP contribution in [0.3, 0.4) is 0 Å². The molecule has 1 aromatic rings. The molecule has 0 fully saturated rings. The molecule has 0 aliphatic heterocycles. The van der Waals surface area contributed by atoms with Gasteiger partial charge in [0, 0.05) is 16.8 Å². The molecule has 0 radical (unpaired) electrons. The van der Waals surface area contributed by atoms with E-state index in [2.05, 4.69) is 17.6 Å². The Hall–Kier alpha value is -0.350. The molecule has 0 N–H and O–H groups in total. The van der Waals surface area contributed by atoms with Crippen molar-refractivity contribution in [2.24, 2.45) is 0 Å². The Balaban J connectivity index is 2.57. The number of hydrogen-bond donors (Lipinski definition) is 1. The number of ketones is 1. The number of rotatable bonds is 3. The van der Waals surface area contributed by atoms with Gasteiger partial charge in [-0.2, -0.15) is 12.6 Å². The van der Waals surface area contributed by atoms with Crippen molar-refractivity contribution in [3.05, 3.63) is 16.1 Å². The first kappa shape index (κ1) is 8.74. The first-order valence-electron chi connectivity index (χ1n) is 3.26. The molecule has 0 bridgehead atoms. The Morgan fingerprint density at radius 1 is 1.82 bits per heavy atom. The van der Waals surface area contributed by atoms with Gasteiger partial charge in [-0.3, -0.25) is 4.79 Å². The second-order valence-corrected chi connectivity index (χ2v) is 3.87. The number of hydrogen-bond acceptors (Lipinski definition) is 4. The van der Waals surface area contributed by atoms with Gasteiger partial charge in [0.2, 0.25) is 0 Å². The van der Waals surface area contributed by atoms with E-state index in [1.165, 1.54) is 0 Å². The van der Waals surface area contributed by atoms with Gasteiger partial charge < -0.3 is 0 Å². The fraction of sp³-hybridized carbons (Fsp3) is 0.429. The lowest BCUT2D eigenvalue weighted by atomic mass is 10.3. The summed E-state index contributed by atoms with van der Waals surface area (Å²) in [5, 5.41) is 0.890. The summed E-state index contributed by atoms with van der Waals surface area (Å²) in [6.07, 6.45) is 2.22. The zero-order valence-electron chi connectivity index (χ0n) is 6.20. The molecule has 0 unspecified atom stereocenters. The molecule has 11 heavy (non-hydrogen) atoms. The van der Waals surface area contributed by atoms with Crippen LogP contribution in [0.4, 0.5) is 0 Å². The molecule has 0 aromatic carbocycles. The summed E-state index contributed by atoms with van der Waals surface area (Å²) >= 11 is 5.45. The summed E-state index contributed by atoms with van der Waals surface area (Å²) in [6, 6.07) is 0. The van der Waals surface area contributed by atoms with Crippen LogP contribution in [0.5, 0.6) is 0 Å². The van der Waals surface area contributed by atoms with Crippen LogP contribution in [0, 0.1) is 6.92 Å². The van der Waals surface area contributed by atoms with Gasteiger partial charge in [0.05, 0.1) is 6.42 Å². The molecule has 0 saturated heterocycles. The topological polar surface area (TPSA) is 30.0 Å². The number of carbonyl (C=O) groups is 1. The Bertz CT molecular complexity index is 257. The van der Waals surface area contributed by atoms with Crippen molar-refractivity contribution in [1.29, 1.82) is 0 Å². The van der Waals surface area contributed by atoms with Crippen molar-refractivity contribution in [1.82, 2.24) is 4.98 Å². The summed E-state index contributed by atoms with van der Waals surface area (Å²) < 4.78 is 0. The molecule has 1 heterocycles. The van der Waals surface area contributed by atoms with Crippen molar-refractivity contribution in [3.8, 4) is 0 Å². The highest BCUT2D eigenvalue weighted by Gasteiger charge is 2.03. The van der Waals surface area contributed by atoms with Crippen molar-refractivity contribution in [2.45, 2.75) is 13.3 Å². The van der Waals surface area contributed by atoms with Crippen LogP contribution < -0.4 is 0 Å². The molecular formula is C7H9NOS2. The van der Waals surface area contributed by atoms with Crippen LogP contribution >= 0.6 is 24.0 Å². The molecule has 0 aliphatic carbocycles. The Labute approximate surface area is 75.1 Å². The molecule has 60 valence electrons. The molecule has 0 atom stereocenters. The minimum absolute atomic E-state index is 0.127. The van der Waals surface area contributed by atoms with Crippen LogP contribution in [0.2, 0.25) is 0 Å². The zero-order valence-corrected chi connectivity index (χ0v) is 7.91. The van der Waals surface area contributed by atoms with Gasteiger partial charge in [-0.1, -0.05) is 0 Å². The third-order valence-corrected chi connectivity index (χ3v) is 2.46. The fourth-order valence-electron chi connectivity index (χ4n) is 0.708. The van der Waals surface area contributed by atoms with Crippen LogP contribution in [0.25, 0.3) is 0 Å². The maximum atomic E-state index is 10.9. The predicted octanol–water partition coefficient (Wildman–Crippen LogP) is 1.49. The average molecular weight is 187 g/mol. The molecule has 0 spiro atoms. The number of carbonyl (C=O) groups excluding carboxylic acids is 1. The maximum Gasteiger partial charge on any atom is 0.149 e. The minimum Gasteiger partial charge on any atom is -0.298 e. The highest BCUT2D eigenvalue weighted by molar-refractivity contribution is 7.81. The predicted molar refractivity (Wildman–Crippen MR) is 49.4 cm³/mol. The number of aryl methyl sites for hydroxylation is 1. The van der Waals surface area contributed by atoms with Crippen LogP contribution in [-0.2, 0) is 11.2 Å². The van der Waals surface area contributed by atoms with E-state index in [0.717, 1.165) is 9.88 Å². The lowest BCUT2D eigenvalue weighted by molar-refractivity contribution is -0.115. The third-order valence-electron chi connectivity index (χ3n) is 1.19. The Morgan fingerprint density at radius 3 is 3.00 bits per heavy atom. The maximum absolute atomic E-state index is 10.9. The number of nitrogens with zero attached hydrogens (tertiary/aromatic N) is 1. The smallest absolute Gasteiger partial charge is 0.149 e. The van der Waals surface area contributed by atoms with E-state index in [-0.39, 0.29) is 5.78 Å². The van der Waals surface area contributed by atoms with Crippen LogP contribution in [-0.4, -0.2) is 16.5 Å².